The molecule has 3 nitrogen and oxygen atoms in total. The second-order valence-corrected chi connectivity index (χ2v) is 6.41. The van der Waals surface area contributed by atoms with Crippen molar-refractivity contribution in [2.45, 2.75) is 31.3 Å². The molecule has 0 radical (unpaired) electrons. The Kier molecular flexibility index (Phi) is 2.46. The van der Waals surface area contributed by atoms with Crippen LogP contribution in [0.15, 0.2) is 30.3 Å². The molecule has 0 heterocycles. The number of fused-ring (bicyclic) bond motifs is 5. The molecular formula is C16H20N2O. The summed E-state index contributed by atoms with van der Waals surface area (Å²) in [6.07, 6.45) is 4.17. The van der Waals surface area contributed by atoms with E-state index in [0.717, 1.165) is 29.2 Å². The van der Waals surface area contributed by atoms with E-state index in [1.54, 1.807) is 0 Å². The van der Waals surface area contributed by atoms with E-state index in [4.69, 9.17) is 5.73 Å². The van der Waals surface area contributed by atoms with E-state index < -0.39 is 6.04 Å². The maximum atomic E-state index is 12.2. The van der Waals surface area contributed by atoms with E-state index in [-0.39, 0.29) is 5.91 Å². The highest BCUT2D eigenvalue weighted by Crippen LogP contribution is 2.65. The third-order valence-electron chi connectivity index (χ3n) is 5.49. The molecule has 0 saturated heterocycles. The summed E-state index contributed by atoms with van der Waals surface area (Å²) in [5, 5.41) is 3.19. The molecular weight excluding hydrogens is 236 g/mol. The van der Waals surface area contributed by atoms with Crippen molar-refractivity contribution in [1.29, 1.82) is 0 Å². The van der Waals surface area contributed by atoms with Gasteiger partial charge in [-0.1, -0.05) is 30.3 Å². The molecule has 2 bridgehead atoms. The molecule has 1 amide bonds. The maximum absolute atomic E-state index is 12.2. The number of hydrogen-bond acceptors (Lipinski definition) is 2. The number of nitrogens with one attached hydrogen (secondary N) is 1. The van der Waals surface area contributed by atoms with Gasteiger partial charge in [-0.2, -0.15) is 0 Å². The first-order valence-electron chi connectivity index (χ1n) is 7.36. The summed E-state index contributed by atoms with van der Waals surface area (Å²) in [7, 11) is 0. The summed E-state index contributed by atoms with van der Waals surface area (Å²) < 4.78 is 0. The highest BCUT2D eigenvalue weighted by atomic mass is 16.2. The number of carbonyl (C=O) groups is 1. The van der Waals surface area contributed by atoms with E-state index in [0.29, 0.717) is 6.04 Å². The summed E-state index contributed by atoms with van der Waals surface area (Å²) in [6, 6.07) is 9.53. The Morgan fingerprint density at radius 2 is 1.79 bits per heavy atom. The second kappa shape index (κ2) is 4.07. The molecule has 5 unspecified atom stereocenters. The number of amides is 1. The average Bonchev–Trinajstić information content (AvgIpc) is 2.85. The first-order chi connectivity index (χ1) is 9.25. The second-order valence-electron chi connectivity index (χ2n) is 6.41. The monoisotopic (exact) mass is 256 g/mol. The lowest BCUT2D eigenvalue weighted by atomic mass is 10.0. The van der Waals surface area contributed by atoms with Crippen LogP contribution < -0.4 is 11.1 Å². The smallest absolute Gasteiger partial charge is 0.241 e. The Labute approximate surface area is 113 Å². The van der Waals surface area contributed by atoms with Gasteiger partial charge in [0.05, 0.1) is 0 Å². The van der Waals surface area contributed by atoms with E-state index in [2.05, 4.69) is 5.32 Å². The van der Waals surface area contributed by atoms with Crippen LogP contribution in [0.4, 0.5) is 0 Å². The molecule has 5 atom stereocenters. The van der Waals surface area contributed by atoms with Crippen LogP contribution in [0.25, 0.3) is 0 Å². The van der Waals surface area contributed by atoms with Crippen molar-refractivity contribution >= 4 is 5.91 Å². The van der Waals surface area contributed by atoms with Gasteiger partial charge in [-0.05, 0) is 48.5 Å². The highest BCUT2D eigenvalue weighted by molar-refractivity contribution is 5.83. The van der Waals surface area contributed by atoms with Gasteiger partial charge in [0, 0.05) is 6.04 Å². The molecule has 100 valence electrons. The highest BCUT2D eigenvalue weighted by Gasteiger charge is 2.65. The number of benzene rings is 1. The Bertz CT molecular complexity index is 485. The Hall–Kier alpha value is -1.35. The van der Waals surface area contributed by atoms with Crippen LogP contribution in [0.5, 0.6) is 0 Å². The summed E-state index contributed by atoms with van der Waals surface area (Å²) in [4.78, 5) is 12.2. The van der Waals surface area contributed by atoms with E-state index in [9.17, 15) is 4.79 Å². The fraction of sp³-hybridized carbons (Fsp3) is 0.562. The van der Waals surface area contributed by atoms with Crippen LogP contribution in [-0.4, -0.2) is 11.9 Å². The lowest BCUT2D eigenvalue weighted by Gasteiger charge is -2.15. The van der Waals surface area contributed by atoms with Crippen molar-refractivity contribution in [2.75, 3.05) is 0 Å². The van der Waals surface area contributed by atoms with Gasteiger partial charge >= 0.3 is 0 Å². The zero-order valence-corrected chi connectivity index (χ0v) is 11.0. The number of hydrogen-bond donors (Lipinski definition) is 2. The molecule has 3 aliphatic carbocycles. The zero-order chi connectivity index (χ0) is 13.0. The quantitative estimate of drug-likeness (QED) is 0.867. The van der Waals surface area contributed by atoms with Crippen LogP contribution in [0, 0.1) is 23.7 Å². The fourth-order valence-electron chi connectivity index (χ4n) is 4.58. The van der Waals surface area contributed by atoms with Crippen molar-refractivity contribution in [1.82, 2.24) is 5.32 Å². The predicted molar refractivity (Wildman–Crippen MR) is 73.1 cm³/mol. The molecule has 4 rings (SSSR count). The van der Waals surface area contributed by atoms with Gasteiger partial charge < -0.3 is 11.1 Å². The van der Waals surface area contributed by atoms with E-state index in [1.165, 1.54) is 19.3 Å². The lowest BCUT2D eigenvalue weighted by molar-refractivity contribution is -0.122. The van der Waals surface area contributed by atoms with Gasteiger partial charge in [0.1, 0.15) is 6.04 Å². The van der Waals surface area contributed by atoms with Crippen LogP contribution in [0.2, 0.25) is 0 Å². The van der Waals surface area contributed by atoms with Gasteiger partial charge in [0.25, 0.3) is 0 Å². The summed E-state index contributed by atoms with van der Waals surface area (Å²) in [5.74, 6) is 3.29. The first-order valence-corrected chi connectivity index (χ1v) is 7.36. The van der Waals surface area contributed by atoms with Crippen LogP contribution in [0.3, 0.4) is 0 Å². The van der Waals surface area contributed by atoms with Gasteiger partial charge in [-0.25, -0.2) is 0 Å². The van der Waals surface area contributed by atoms with Crippen molar-refractivity contribution in [3.05, 3.63) is 35.9 Å². The molecule has 19 heavy (non-hydrogen) atoms. The third-order valence-corrected chi connectivity index (χ3v) is 5.49. The molecule has 3 heteroatoms. The molecule has 0 aromatic heterocycles. The van der Waals surface area contributed by atoms with Gasteiger partial charge in [0.2, 0.25) is 5.91 Å². The van der Waals surface area contributed by atoms with Crippen LogP contribution >= 0.6 is 0 Å². The van der Waals surface area contributed by atoms with Crippen LogP contribution in [-0.2, 0) is 4.79 Å². The van der Waals surface area contributed by atoms with E-state index >= 15 is 0 Å². The molecule has 0 spiro atoms. The van der Waals surface area contributed by atoms with Gasteiger partial charge in [-0.15, -0.1) is 0 Å². The third kappa shape index (κ3) is 1.71. The van der Waals surface area contributed by atoms with Crippen molar-refractivity contribution in [2.24, 2.45) is 29.4 Å². The Morgan fingerprint density at radius 1 is 1.16 bits per heavy atom. The Morgan fingerprint density at radius 3 is 2.42 bits per heavy atom. The topological polar surface area (TPSA) is 55.1 Å². The standard InChI is InChI=1S/C16H20N2O/c17-14(9-4-2-1-3-5-9)16(19)18-15-12-10-6-7-11(8-10)13(12)15/h1-5,10-15H,6-8,17H2,(H,18,19). The molecule has 3 aliphatic rings. The largest absolute Gasteiger partial charge is 0.351 e. The normalized spacial score (nSPS) is 39.7. The summed E-state index contributed by atoms with van der Waals surface area (Å²) in [6.45, 7) is 0. The molecule has 1 aromatic carbocycles. The van der Waals surface area contributed by atoms with Gasteiger partial charge in [0.15, 0.2) is 0 Å². The van der Waals surface area contributed by atoms with Crippen LogP contribution in [0.1, 0.15) is 30.9 Å². The minimum Gasteiger partial charge on any atom is -0.351 e. The average molecular weight is 256 g/mol. The molecule has 0 aliphatic heterocycles. The molecule has 1 aromatic rings. The Balaban J connectivity index is 1.41. The predicted octanol–water partition coefficient (Wildman–Crippen LogP) is 1.85. The summed E-state index contributed by atoms with van der Waals surface area (Å²) >= 11 is 0. The minimum absolute atomic E-state index is 0.00926. The summed E-state index contributed by atoms with van der Waals surface area (Å²) in [5.41, 5.74) is 6.93. The van der Waals surface area contributed by atoms with Gasteiger partial charge in [-0.3, -0.25) is 4.79 Å². The zero-order valence-electron chi connectivity index (χ0n) is 11.0. The molecule has 3 N–H and O–H groups in total. The maximum Gasteiger partial charge on any atom is 0.241 e. The molecule has 3 saturated carbocycles. The SMILES string of the molecule is NC(C(=O)NC1C2C3CCC(C3)C12)c1ccccc1. The van der Waals surface area contributed by atoms with E-state index in [1.807, 2.05) is 30.3 Å². The van der Waals surface area contributed by atoms with Crippen molar-refractivity contribution in [3.63, 3.8) is 0 Å². The molecule has 3 fully saturated rings. The number of carbonyl (C=O) groups excluding carboxylic acids is 1. The number of nitrogens with two attached hydrogens (primary N) is 1. The minimum atomic E-state index is -0.528. The first kappa shape index (κ1) is 11.5. The fourth-order valence-corrected chi connectivity index (χ4v) is 4.58. The lowest BCUT2D eigenvalue weighted by Crippen LogP contribution is -2.37. The van der Waals surface area contributed by atoms with Crippen molar-refractivity contribution < 1.29 is 4.79 Å². The van der Waals surface area contributed by atoms with Crippen molar-refractivity contribution in [3.8, 4) is 0 Å². The number of rotatable bonds is 3.